The molecule has 1 aliphatic heterocycles. The van der Waals surface area contributed by atoms with Crippen LogP contribution in [0.4, 0.5) is 0 Å². The lowest BCUT2D eigenvalue weighted by Gasteiger charge is -2.08. The van der Waals surface area contributed by atoms with Crippen molar-refractivity contribution in [1.82, 2.24) is 0 Å². The molecule has 17 heavy (non-hydrogen) atoms. The summed E-state index contributed by atoms with van der Waals surface area (Å²) in [4.78, 5) is 23.9. The van der Waals surface area contributed by atoms with E-state index in [4.69, 9.17) is 9.47 Å². The van der Waals surface area contributed by atoms with Crippen molar-refractivity contribution in [2.24, 2.45) is 11.3 Å². The second kappa shape index (κ2) is 3.32. The number of fused-ring (bicyclic) bond motifs is 1. The number of carbonyl (C=O) groups is 2. The maximum atomic E-state index is 12.3. The molecule has 2 atom stereocenters. The zero-order valence-electron chi connectivity index (χ0n) is 9.43. The smallest absolute Gasteiger partial charge is 0.320 e. The molecule has 4 heteroatoms. The number of cyclic esters (lactones) is 1. The Kier molecular flexibility index (Phi) is 2.02. The summed E-state index contributed by atoms with van der Waals surface area (Å²) in [5, 5.41) is 0. The van der Waals surface area contributed by atoms with Gasteiger partial charge in [0.05, 0.1) is 13.7 Å². The summed E-state index contributed by atoms with van der Waals surface area (Å²) in [5.41, 5.74) is -0.318. The van der Waals surface area contributed by atoms with Gasteiger partial charge < -0.3 is 9.47 Å². The molecule has 1 aliphatic carbocycles. The predicted molar refractivity (Wildman–Crippen MR) is 58.8 cm³/mol. The molecular weight excluding hydrogens is 220 g/mol. The molecule has 0 amide bonds. The Bertz CT molecular complexity index is 491. The lowest BCUT2D eigenvalue weighted by molar-refractivity contribution is -0.143. The minimum absolute atomic E-state index is 0.0876. The molecule has 0 spiro atoms. The first-order valence-corrected chi connectivity index (χ1v) is 5.54. The van der Waals surface area contributed by atoms with E-state index in [9.17, 15) is 9.59 Å². The maximum absolute atomic E-state index is 12.3. The van der Waals surface area contributed by atoms with E-state index in [0.717, 1.165) is 0 Å². The van der Waals surface area contributed by atoms with Gasteiger partial charge in [-0.15, -0.1) is 0 Å². The molecule has 0 N–H and O–H groups in total. The first kappa shape index (κ1) is 10.3. The van der Waals surface area contributed by atoms with Crippen LogP contribution in [0.15, 0.2) is 24.3 Å². The molecule has 1 aromatic carbocycles. The molecule has 2 aliphatic rings. The second-order valence-electron chi connectivity index (χ2n) is 4.53. The summed E-state index contributed by atoms with van der Waals surface area (Å²) in [6, 6.07) is 6.83. The van der Waals surface area contributed by atoms with Gasteiger partial charge in [-0.2, -0.15) is 0 Å². The Morgan fingerprint density at radius 2 is 2.12 bits per heavy atom. The third-order valence-electron chi connectivity index (χ3n) is 3.64. The van der Waals surface area contributed by atoms with E-state index in [2.05, 4.69) is 0 Å². The SMILES string of the molecule is COc1ccc(C(=O)[C@]23C[C@H]2COC3=O)cc1. The summed E-state index contributed by atoms with van der Waals surface area (Å²) in [7, 11) is 1.57. The van der Waals surface area contributed by atoms with Crippen LogP contribution in [-0.2, 0) is 9.53 Å². The second-order valence-corrected chi connectivity index (χ2v) is 4.53. The molecule has 1 heterocycles. The van der Waals surface area contributed by atoms with Gasteiger partial charge in [-0.3, -0.25) is 9.59 Å². The molecule has 0 radical (unpaired) electrons. The first-order valence-electron chi connectivity index (χ1n) is 5.54. The van der Waals surface area contributed by atoms with Crippen LogP contribution in [0, 0.1) is 11.3 Å². The number of ether oxygens (including phenoxy) is 2. The van der Waals surface area contributed by atoms with Gasteiger partial charge in [-0.1, -0.05) is 0 Å². The van der Waals surface area contributed by atoms with E-state index >= 15 is 0 Å². The monoisotopic (exact) mass is 232 g/mol. The highest BCUT2D eigenvalue weighted by molar-refractivity contribution is 6.16. The van der Waals surface area contributed by atoms with Crippen LogP contribution in [0.25, 0.3) is 0 Å². The molecule has 0 bridgehead atoms. The molecule has 3 rings (SSSR count). The van der Waals surface area contributed by atoms with E-state index in [-0.39, 0.29) is 17.7 Å². The summed E-state index contributed by atoms with van der Waals surface area (Å²) < 4.78 is 9.95. The quantitative estimate of drug-likeness (QED) is 0.449. The minimum atomic E-state index is -0.866. The zero-order chi connectivity index (χ0) is 12.0. The lowest BCUT2D eigenvalue weighted by atomic mass is 9.93. The van der Waals surface area contributed by atoms with E-state index in [1.165, 1.54) is 0 Å². The third kappa shape index (κ3) is 1.30. The van der Waals surface area contributed by atoms with Gasteiger partial charge in [0.25, 0.3) is 0 Å². The summed E-state index contributed by atoms with van der Waals surface area (Å²) >= 11 is 0. The standard InChI is InChI=1S/C13H12O4/c1-16-10-4-2-8(3-5-10)11(14)13-6-9(13)7-17-12(13)15/h2-5,9H,6-7H2,1H3/t9-,13-/m0/s1. The van der Waals surface area contributed by atoms with Gasteiger partial charge >= 0.3 is 5.97 Å². The third-order valence-corrected chi connectivity index (χ3v) is 3.64. The predicted octanol–water partition coefficient (Wildman–Crippen LogP) is 1.44. The number of hydrogen-bond acceptors (Lipinski definition) is 4. The first-order chi connectivity index (χ1) is 8.18. The Hall–Kier alpha value is -1.84. The van der Waals surface area contributed by atoms with Gasteiger partial charge in [-0.25, -0.2) is 0 Å². The fraction of sp³-hybridized carbons (Fsp3) is 0.385. The number of benzene rings is 1. The summed E-state index contributed by atoms with van der Waals surface area (Å²) in [6.45, 7) is 0.390. The Balaban J connectivity index is 1.89. The number of ketones is 1. The van der Waals surface area contributed by atoms with Crippen molar-refractivity contribution >= 4 is 11.8 Å². The number of Topliss-reactive ketones (excluding diaryl/α,β-unsaturated/α-hetero) is 1. The Morgan fingerprint density at radius 3 is 2.59 bits per heavy atom. The normalized spacial score (nSPS) is 29.5. The Labute approximate surface area is 98.5 Å². The number of esters is 1. The number of hydrogen-bond donors (Lipinski definition) is 0. The van der Waals surface area contributed by atoms with Crippen LogP contribution < -0.4 is 4.74 Å². The number of methoxy groups -OCH3 is 1. The van der Waals surface area contributed by atoms with E-state index in [0.29, 0.717) is 24.3 Å². The molecule has 0 aromatic heterocycles. The van der Waals surface area contributed by atoms with Gasteiger partial charge in [0, 0.05) is 11.5 Å². The Morgan fingerprint density at radius 1 is 1.41 bits per heavy atom. The van der Waals surface area contributed by atoms with Crippen LogP contribution >= 0.6 is 0 Å². The molecule has 1 saturated carbocycles. The number of carbonyl (C=O) groups excluding carboxylic acids is 2. The number of rotatable bonds is 3. The van der Waals surface area contributed by atoms with Gasteiger partial charge in [0.15, 0.2) is 5.78 Å². The van der Waals surface area contributed by atoms with Crippen molar-refractivity contribution in [3.8, 4) is 5.75 Å². The van der Waals surface area contributed by atoms with Crippen molar-refractivity contribution in [1.29, 1.82) is 0 Å². The summed E-state index contributed by atoms with van der Waals surface area (Å²) in [6.07, 6.45) is 0.636. The molecule has 4 nitrogen and oxygen atoms in total. The highest BCUT2D eigenvalue weighted by atomic mass is 16.5. The van der Waals surface area contributed by atoms with Gasteiger partial charge in [0.2, 0.25) is 0 Å². The lowest BCUT2D eigenvalue weighted by Crippen LogP contribution is -2.24. The van der Waals surface area contributed by atoms with Crippen molar-refractivity contribution < 1.29 is 19.1 Å². The minimum Gasteiger partial charge on any atom is -0.497 e. The van der Waals surface area contributed by atoms with E-state index in [1.807, 2.05) is 0 Å². The maximum Gasteiger partial charge on any atom is 0.320 e. The highest BCUT2D eigenvalue weighted by Gasteiger charge is 2.70. The van der Waals surface area contributed by atoms with E-state index < -0.39 is 5.41 Å². The van der Waals surface area contributed by atoms with Crippen LogP contribution in [0.3, 0.4) is 0 Å². The van der Waals surface area contributed by atoms with Gasteiger partial charge in [-0.05, 0) is 30.7 Å². The average Bonchev–Trinajstić information content (AvgIpc) is 3.03. The average molecular weight is 232 g/mol. The fourth-order valence-corrected chi connectivity index (χ4v) is 2.46. The van der Waals surface area contributed by atoms with Crippen molar-refractivity contribution in [3.05, 3.63) is 29.8 Å². The largest absolute Gasteiger partial charge is 0.497 e. The van der Waals surface area contributed by atoms with Crippen molar-refractivity contribution in [2.45, 2.75) is 6.42 Å². The van der Waals surface area contributed by atoms with Crippen LogP contribution in [-0.4, -0.2) is 25.5 Å². The van der Waals surface area contributed by atoms with Crippen LogP contribution in [0.1, 0.15) is 16.8 Å². The van der Waals surface area contributed by atoms with Crippen LogP contribution in [0.5, 0.6) is 5.75 Å². The zero-order valence-corrected chi connectivity index (χ0v) is 9.43. The molecule has 88 valence electrons. The molecule has 2 fully saturated rings. The fourth-order valence-electron chi connectivity index (χ4n) is 2.46. The van der Waals surface area contributed by atoms with E-state index in [1.54, 1.807) is 31.4 Å². The topological polar surface area (TPSA) is 52.6 Å². The molecular formula is C13H12O4. The molecule has 0 unspecified atom stereocenters. The summed E-state index contributed by atoms with van der Waals surface area (Å²) in [5.74, 6) is 0.306. The van der Waals surface area contributed by atoms with Crippen molar-refractivity contribution in [3.63, 3.8) is 0 Å². The van der Waals surface area contributed by atoms with Gasteiger partial charge in [0.1, 0.15) is 11.2 Å². The molecule has 1 aromatic rings. The molecule has 1 saturated heterocycles. The highest BCUT2D eigenvalue weighted by Crippen LogP contribution is 2.59. The van der Waals surface area contributed by atoms with Crippen molar-refractivity contribution in [2.75, 3.05) is 13.7 Å². The van der Waals surface area contributed by atoms with Crippen LogP contribution in [0.2, 0.25) is 0 Å².